The first-order chi connectivity index (χ1) is 6.34. The highest BCUT2D eigenvalue weighted by atomic mass is 79.9. The first-order valence-electron chi connectivity index (χ1n) is 5.60. The minimum Gasteiger partial charge on any atom is -0.377 e. The van der Waals surface area contributed by atoms with Gasteiger partial charge in [0.1, 0.15) is 0 Å². The van der Waals surface area contributed by atoms with Crippen LogP contribution in [0.25, 0.3) is 0 Å². The molecule has 1 aliphatic rings. The second kappa shape index (κ2) is 6.83. The second-order valence-electron chi connectivity index (χ2n) is 3.92. The van der Waals surface area contributed by atoms with Crippen LogP contribution in [0.3, 0.4) is 0 Å². The Labute approximate surface area is 90.4 Å². The van der Waals surface area contributed by atoms with Crippen molar-refractivity contribution in [3.63, 3.8) is 0 Å². The smallest absolute Gasteiger partial charge is 0.0700 e. The molecule has 0 radical (unpaired) electrons. The van der Waals surface area contributed by atoms with E-state index in [9.17, 15) is 0 Å². The van der Waals surface area contributed by atoms with Crippen LogP contribution in [-0.4, -0.2) is 17.5 Å². The molecule has 1 fully saturated rings. The van der Waals surface area contributed by atoms with Crippen molar-refractivity contribution in [2.45, 2.75) is 62.8 Å². The summed E-state index contributed by atoms with van der Waals surface area (Å²) in [6.07, 6.45) is 9.61. The van der Waals surface area contributed by atoms with Crippen LogP contribution in [0.2, 0.25) is 0 Å². The average Bonchev–Trinajstić information content (AvgIpc) is 2.52. The van der Waals surface area contributed by atoms with E-state index in [1.54, 1.807) is 0 Å². The standard InChI is InChI=1S/C11H21BrO/c1-2-3-4-5-9-13-11-8-6-7-10(11)12/h10-11H,2-9H2,1H3. The van der Waals surface area contributed by atoms with E-state index in [4.69, 9.17) is 4.74 Å². The van der Waals surface area contributed by atoms with Crippen molar-refractivity contribution in [3.8, 4) is 0 Å². The van der Waals surface area contributed by atoms with Gasteiger partial charge in [-0.3, -0.25) is 0 Å². The highest BCUT2D eigenvalue weighted by Crippen LogP contribution is 2.28. The minimum absolute atomic E-state index is 0.502. The molecule has 2 heteroatoms. The summed E-state index contributed by atoms with van der Waals surface area (Å²) in [4.78, 5) is 0.624. The number of unbranched alkanes of at least 4 members (excludes halogenated alkanes) is 3. The fourth-order valence-electron chi connectivity index (χ4n) is 1.83. The molecule has 0 spiro atoms. The van der Waals surface area contributed by atoms with Crippen LogP contribution in [0.4, 0.5) is 0 Å². The molecule has 0 N–H and O–H groups in total. The monoisotopic (exact) mass is 248 g/mol. The Morgan fingerprint density at radius 3 is 2.69 bits per heavy atom. The molecule has 1 rings (SSSR count). The van der Waals surface area contributed by atoms with E-state index in [2.05, 4.69) is 22.9 Å². The number of rotatable bonds is 6. The fraction of sp³-hybridized carbons (Fsp3) is 1.00. The maximum Gasteiger partial charge on any atom is 0.0700 e. The normalized spacial score (nSPS) is 28.2. The van der Waals surface area contributed by atoms with Crippen LogP contribution >= 0.6 is 15.9 Å². The Morgan fingerprint density at radius 1 is 1.23 bits per heavy atom. The quantitative estimate of drug-likeness (QED) is 0.512. The first kappa shape index (κ1) is 11.5. The molecule has 0 aromatic carbocycles. The van der Waals surface area contributed by atoms with Gasteiger partial charge in [-0.05, 0) is 25.7 Å². The van der Waals surface area contributed by atoms with Crippen molar-refractivity contribution >= 4 is 15.9 Å². The molecule has 1 saturated carbocycles. The predicted octanol–water partition coefficient (Wildman–Crippen LogP) is 3.90. The Bertz CT molecular complexity index is 127. The molecule has 78 valence electrons. The first-order valence-corrected chi connectivity index (χ1v) is 6.52. The molecule has 0 heterocycles. The van der Waals surface area contributed by atoms with Crippen molar-refractivity contribution in [2.75, 3.05) is 6.61 Å². The molecule has 1 nitrogen and oxygen atoms in total. The van der Waals surface area contributed by atoms with Gasteiger partial charge in [0.15, 0.2) is 0 Å². The third kappa shape index (κ3) is 4.46. The van der Waals surface area contributed by atoms with E-state index in [0.717, 1.165) is 6.61 Å². The summed E-state index contributed by atoms with van der Waals surface area (Å²) >= 11 is 3.66. The Morgan fingerprint density at radius 2 is 2.08 bits per heavy atom. The van der Waals surface area contributed by atoms with E-state index in [0.29, 0.717) is 10.9 Å². The molecule has 2 unspecified atom stereocenters. The highest BCUT2D eigenvalue weighted by Gasteiger charge is 2.24. The van der Waals surface area contributed by atoms with Gasteiger partial charge < -0.3 is 4.74 Å². The summed E-state index contributed by atoms with van der Waals surface area (Å²) in [6, 6.07) is 0. The molecule has 1 aliphatic carbocycles. The van der Waals surface area contributed by atoms with E-state index in [1.807, 2.05) is 0 Å². The van der Waals surface area contributed by atoms with Gasteiger partial charge in [0.25, 0.3) is 0 Å². The van der Waals surface area contributed by atoms with Crippen LogP contribution < -0.4 is 0 Å². The molecule has 0 bridgehead atoms. The molecule has 0 amide bonds. The van der Waals surface area contributed by atoms with Crippen LogP contribution in [0.15, 0.2) is 0 Å². The summed E-state index contributed by atoms with van der Waals surface area (Å²) in [5.41, 5.74) is 0. The number of alkyl halides is 1. The van der Waals surface area contributed by atoms with Gasteiger partial charge in [-0.1, -0.05) is 42.1 Å². The lowest BCUT2D eigenvalue weighted by molar-refractivity contribution is 0.0600. The molecule has 0 aromatic heterocycles. The van der Waals surface area contributed by atoms with Crippen molar-refractivity contribution in [3.05, 3.63) is 0 Å². The predicted molar refractivity (Wildman–Crippen MR) is 60.4 cm³/mol. The lowest BCUT2D eigenvalue weighted by atomic mass is 10.2. The van der Waals surface area contributed by atoms with Crippen molar-refractivity contribution in [2.24, 2.45) is 0 Å². The summed E-state index contributed by atoms with van der Waals surface area (Å²) in [6.45, 7) is 3.21. The SMILES string of the molecule is CCCCCCOC1CCCC1Br. The average molecular weight is 249 g/mol. The fourth-order valence-corrected chi connectivity index (χ4v) is 2.57. The largest absolute Gasteiger partial charge is 0.377 e. The third-order valence-corrected chi connectivity index (χ3v) is 3.75. The van der Waals surface area contributed by atoms with Crippen molar-refractivity contribution in [1.82, 2.24) is 0 Å². The lowest BCUT2D eigenvalue weighted by Gasteiger charge is -2.14. The van der Waals surface area contributed by atoms with Gasteiger partial charge in [-0.2, -0.15) is 0 Å². The number of hydrogen-bond donors (Lipinski definition) is 0. The van der Waals surface area contributed by atoms with Gasteiger partial charge >= 0.3 is 0 Å². The Hall–Kier alpha value is 0.440. The van der Waals surface area contributed by atoms with E-state index < -0.39 is 0 Å². The zero-order chi connectivity index (χ0) is 9.52. The lowest BCUT2D eigenvalue weighted by Crippen LogP contribution is -2.18. The molecule has 0 aliphatic heterocycles. The number of halogens is 1. The third-order valence-electron chi connectivity index (χ3n) is 2.70. The zero-order valence-electron chi connectivity index (χ0n) is 8.60. The minimum atomic E-state index is 0.502. The van der Waals surface area contributed by atoms with Crippen LogP contribution in [0, 0.1) is 0 Å². The summed E-state index contributed by atoms with van der Waals surface area (Å²) in [5, 5.41) is 0. The molecule has 2 atom stereocenters. The van der Waals surface area contributed by atoms with Crippen molar-refractivity contribution in [1.29, 1.82) is 0 Å². The zero-order valence-corrected chi connectivity index (χ0v) is 10.2. The summed E-state index contributed by atoms with van der Waals surface area (Å²) in [5.74, 6) is 0. The topological polar surface area (TPSA) is 9.23 Å². The highest BCUT2D eigenvalue weighted by molar-refractivity contribution is 9.09. The Balaban J connectivity index is 1.93. The van der Waals surface area contributed by atoms with E-state index >= 15 is 0 Å². The maximum atomic E-state index is 5.81. The van der Waals surface area contributed by atoms with Gasteiger partial charge in [0.2, 0.25) is 0 Å². The van der Waals surface area contributed by atoms with Gasteiger partial charge in [0, 0.05) is 11.4 Å². The van der Waals surface area contributed by atoms with Crippen LogP contribution in [0.1, 0.15) is 51.9 Å². The van der Waals surface area contributed by atoms with Crippen LogP contribution in [0.5, 0.6) is 0 Å². The van der Waals surface area contributed by atoms with Crippen LogP contribution in [-0.2, 0) is 4.74 Å². The molecule has 0 saturated heterocycles. The maximum absolute atomic E-state index is 5.81. The molecular weight excluding hydrogens is 228 g/mol. The molecule has 13 heavy (non-hydrogen) atoms. The number of hydrogen-bond acceptors (Lipinski definition) is 1. The summed E-state index contributed by atoms with van der Waals surface area (Å²) in [7, 11) is 0. The van der Waals surface area contributed by atoms with Crippen molar-refractivity contribution < 1.29 is 4.74 Å². The van der Waals surface area contributed by atoms with Gasteiger partial charge in [-0.15, -0.1) is 0 Å². The van der Waals surface area contributed by atoms with E-state index in [1.165, 1.54) is 44.9 Å². The van der Waals surface area contributed by atoms with Gasteiger partial charge in [-0.25, -0.2) is 0 Å². The summed E-state index contributed by atoms with van der Waals surface area (Å²) < 4.78 is 5.81. The van der Waals surface area contributed by atoms with E-state index in [-0.39, 0.29) is 0 Å². The molecule has 0 aromatic rings. The molecular formula is C11H21BrO. The number of ether oxygens (including phenoxy) is 1. The second-order valence-corrected chi connectivity index (χ2v) is 5.09. The Kier molecular flexibility index (Phi) is 6.05. The van der Waals surface area contributed by atoms with Gasteiger partial charge in [0.05, 0.1) is 6.10 Å².